The van der Waals surface area contributed by atoms with Crippen molar-refractivity contribution >= 4 is 35.1 Å². The Balaban J connectivity index is 1.23. The summed E-state index contributed by atoms with van der Waals surface area (Å²) in [6.07, 6.45) is 5.40. The Morgan fingerprint density at radius 1 is 0.909 bits per heavy atom. The number of amides is 3. The van der Waals surface area contributed by atoms with Crippen molar-refractivity contribution in [3.8, 4) is 0 Å². The van der Waals surface area contributed by atoms with E-state index in [0.29, 0.717) is 34.3 Å². The number of allylic oxidation sites excluding steroid dienone is 2. The van der Waals surface area contributed by atoms with E-state index in [4.69, 9.17) is 0 Å². The van der Waals surface area contributed by atoms with Gasteiger partial charge in [0, 0.05) is 11.3 Å². The molecule has 2 aromatic rings. The van der Waals surface area contributed by atoms with E-state index in [-0.39, 0.29) is 41.4 Å². The van der Waals surface area contributed by atoms with Gasteiger partial charge in [0.2, 0.25) is 11.8 Å². The molecule has 2 aromatic carbocycles. The number of imide groups is 1. The van der Waals surface area contributed by atoms with Gasteiger partial charge in [-0.05, 0) is 72.6 Å². The Morgan fingerprint density at radius 2 is 1.55 bits per heavy atom. The molecule has 4 aliphatic carbocycles. The molecular formula is C26H22N2O5. The van der Waals surface area contributed by atoms with Crippen molar-refractivity contribution < 1.29 is 23.9 Å². The molecule has 7 heteroatoms. The van der Waals surface area contributed by atoms with Crippen LogP contribution >= 0.6 is 0 Å². The van der Waals surface area contributed by atoms with Crippen molar-refractivity contribution in [2.24, 2.45) is 35.5 Å². The van der Waals surface area contributed by atoms with Gasteiger partial charge in [0.25, 0.3) is 5.91 Å². The quantitative estimate of drug-likeness (QED) is 0.446. The van der Waals surface area contributed by atoms with Crippen LogP contribution in [0.4, 0.5) is 11.4 Å². The minimum absolute atomic E-state index is 0.148. The third kappa shape index (κ3) is 2.95. The number of nitrogens with one attached hydrogen (secondary N) is 1. The van der Waals surface area contributed by atoms with Crippen LogP contribution in [0, 0.1) is 35.5 Å². The van der Waals surface area contributed by atoms with Crippen LogP contribution in [0.15, 0.2) is 60.7 Å². The summed E-state index contributed by atoms with van der Waals surface area (Å²) in [4.78, 5) is 52.3. The van der Waals surface area contributed by atoms with Gasteiger partial charge >= 0.3 is 5.97 Å². The fraction of sp³-hybridized carbons (Fsp3) is 0.308. The van der Waals surface area contributed by atoms with Gasteiger partial charge in [-0.3, -0.25) is 14.4 Å². The molecule has 0 aromatic heterocycles. The van der Waals surface area contributed by atoms with Crippen molar-refractivity contribution in [2.45, 2.75) is 6.42 Å². The van der Waals surface area contributed by atoms with Crippen molar-refractivity contribution in [1.29, 1.82) is 0 Å². The smallest absolute Gasteiger partial charge is 0.337 e. The van der Waals surface area contributed by atoms with E-state index in [9.17, 15) is 19.2 Å². The van der Waals surface area contributed by atoms with Crippen LogP contribution in [0.1, 0.15) is 27.1 Å². The largest absolute Gasteiger partial charge is 0.465 e. The normalized spacial score (nSPS) is 30.6. The maximum absolute atomic E-state index is 13.3. The number of esters is 1. The van der Waals surface area contributed by atoms with E-state index in [0.717, 1.165) is 6.42 Å². The predicted molar refractivity (Wildman–Crippen MR) is 119 cm³/mol. The summed E-state index contributed by atoms with van der Waals surface area (Å²) < 4.78 is 4.68. The van der Waals surface area contributed by atoms with Crippen LogP contribution in [0.25, 0.3) is 0 Å². The lowest BCUT2D eigenvalue weighted by Gasteiger charge is -2.37. The molecule has 166 valence electrons. The first-order valence-electron chi connectivity index (χ1n) is 11.1. The number of ether oxygens (including phenoxy) is 1. The summed E-state index contributed by atoms with van der Waals surface area (Å²) in [5.41, 5.74) is 1.66. The Morgan fingerprint density at radius 3 is 2.15 bits per heavy atom. The molecule has 0 unspecified atom stereocenters. The van der Waals surface area contributed by atoms with E-state index in [2.05, 4.69) is 22.2 Å². The second kappa shape index (κ2) is 7.13. The van der Waals surface area contributed by atoms with Crippen LogP contribution in [-0.2, 0) is 14.3 Å². The highest BCUT2D eigenvalue weighted by atomic mass is 16.5. The number of carbonyl (C=O) groups excluding carboxylic acids is 4. The molecule has 0 radical (unpaired) electrons. The first-order chi connectivity index (χ1) is 16.0. The highest BCUT2D eigenvalue weighted by Gasteiger charge is 2.67. The van der Waals surface area contributed by atoms with Crippen molar-refractivity contribution in [1.82, 2.24) is 0 Å². The summed E-state index contributed by atoms with van der Waals surface area (Å²) in [5.74, 6) is -0.275. The summed E-state index contributed by atoms with van der Waals surface area (Å²) in [6.45, 7) is 0. The molecule has 7 nitrogen and oxygen atoms in total. The molecule has 7 rings (SSSR count). The molecule has 1 aliphatic heterocycles. The van der Waals surface area contributed by atoms with Gasteiger partial charge in [-0.15, -0.1) is 0 Å². The van der Waals surface area contributed by atoms with Crippen molar-refractivity contribution in [2.75, 3.05) is 17.3 Å². The highest BCUT2D eigenvalue weighted by molar-refractivity contribution is 6.23. The van der Waals surface area contributed by atoms with E-state index >= 15 is 0 Å². The van der Waals surface area contributed by atoms with Crippen LogP contribution in [0.5, 0.6) is 0 Å². The first-order valence-corrected chi connectivity index (χ1v) is 11.1. The minimum Gasteiger partial charge on any atom is -0.465 e. The standard InChI is InChI=1S/C26H22N2O5/c1-33-26(32)13-5-7-15(8-6-13)27-23(29)14-3-2-4-16(11-14)28-24(30)21-17-9-10-18(20-12-19(17)20)22(21)25(28)31/h2-11,17-22H,12H2,1H3,(H,27,29)/t17-,18+,19-,20-,21+,22-/m1/s1. The van der Waals surface area contributed by atoms with Crippen molar-refractivity contribution in [3.63, 3.8) is 0 Å². The minimum atomic E-state index is -0.456. The number of hydrogen-bond acceptors (Lipinski definition) is 5. The van der Waals surface area contributed by atoms with Crippen LogP contribution < -0.4 is 10.2 Å². The third-order valence-corrected chi connectivity index (χ3v) is 7.59. The molecule has 5 aliphatic rings. The maximum Gasteiger partial charge on any atom is 0.337 e. The van der Waals surface area contributed by atoms with Gasteiger partial charge in [-0.1, -0.05) is 18.2 Å². The second-order valence-corrected chi connectivity index (χ2v) is 9.24. The first kappa shape index (κ1) is 19.9. The molecular weight excluding hydrogens is 420 g/mol. The molecule has 3 fully saturated rings. The zero-order valence-electron chi connectivity index (χ0n) is 17.9. The highest BCUT2D eigenvalue weighted by Crippen LogP contribution is 2.65. The number of benzene rings is 2. The molecule has 2 saturated carbocycles. The average molecular weight is 442 g/mol. The number of rotatable bonds is 4. The van der Waals surface area contributed by atoms with Crippen LogP contribution in [-0.4, -0.2) is 30.8 Å². The van der Waals surface area contributed by atoms with E-state index in [1.165, 1.54) is 12.0 Å². The third-order valence-electron chi connectivity index (χ3n) is 7.59. The fourth-order valence-electron chi connectivity index (χ4n) is 6.01. The van der Waals surface area contributed by atoms with Crippen LogP contribution in [0.3, 0.4) is 0 Å². The molecule has 6 atom stereocenters. The zero-order valence-corrected chi connectivity index (χ0v) is 17.9. The number of nitrogens with zero attached hydrogens (tertiary/aromatic N) is 1. The summed E-state index contributed by atoms with van der Waals surface area (Å²) in [7, 11) is 1.31. The van der Waals surface area contributed by atoms with E-state index < -0.39 is 5.97 Å². The Bertz CT molecular complexity index is 1200. The van der Waals surface area contributed by atoms with Gasteiger partial charge < -0.3 is 10.1 Å². The predicted octanol–water partition coefficient (Wildman–Crippen LogP) is 3.28. The average Bonchev–Trinajstić information content (AvgIpc) is 3.62. The second-order valence-electron chi connectivity index (χ2n) is 9.24. The number of carbonyl (C=O) groups is 4. The van der Waals surface area contributed by atoms with Gasteiger partial charge in [0.15, 0.2) is 0 Å². The summed E-state index contributed by atoms with van der Waals surface area (Å²) in [6, 6.07) is 13.0. The van der Waals surface area contributed by atoms with Gasteiger partial charge in [0.05, 0.1) is 30.2 Å². The molecule has 33 heavy (non-hydrogen) atoms. The van der Waals surface area contributed by atoms with Gasteiger partial charge in [-0.25, -0.2) is 9.69 Å². The summed E-state index contributed by atoms with van der Waals surface area (Å²) >= 11 is 0. The number of anilines is 2. The van der Waals surface area contributed by atoms with E-state index in [1.807, 2.05) is 0 Å². The SMILES string of the molecule is COC(=O)c1ccc(NC(=O)c2cccc(N3C(=O)[C@@H]4[C@H]5C=C[C@H]([C@H]6C[C@H]56)[C@@H]4C3=O)c2)cc1. The lowest BCUT2D eigenvalue weighted by atomic mass is 9.63. The molecule has 3 amide bonds. The summed E-state index contributed by atoms with van der Waals surface area (Å²) in [5, 5.41) is 2.78. The lowest BCUT2D eigenvalue weighted by molar-refractivity contribution is -0.124. The number of hydrogen-bond donors (Lipinski definition) is 1. The monoisotopic (exact) mass is 442 g/mol. The molecule has 2 bridgehead atoms. The maximum atomic E-state index is 13.3. The molecule has 0 spiro atoms. The topological polar surface area (TPSA) is 92.8 Å². The van der Waals surface area contributed by atoms with Gasteiger partial charge in [-0.2, -0.15) is 0 Å². The molecule has 1 heterocycles. The molecule has 1 saturated heterocycles. The van der Waals surface area contributed by atoms with Gasteiger partial charge in [0.1, 0.15) is 0 Å². The zero-order chi connectivity index (χ0) is 22.9. The molecule has 1 N–H and O–H groups in total. The Labute approximate surface area is 190 Å². The Kier molecular flexibility index (Phi) is 4.30. The Hall–Kier alpha value is -3.74. The lowest BCUT2D eigenvalue weighted by Crippen LogP contribution is -2.40. The van der Waals surface area contributed by atoms with Crippen molar-refractivity contribution in [3.05, 3.63) is 71.8 Å². The van der Waals surface area contributed by atoms with Crippen LogP contribution in [0.2, 0.25) is 0 Å². The van der Waals surface area contributed by atoms with E-state index in [1.54, 1.807) is 48.5 Å². The fourth-order valence-corrected chi connectivity index (χ4v) is 6.01. The number of methoxy groups -OCH3 is 1.